The number of nitrogens with one attached hydrogen (secondary N) is 1. The minimum Gasteiger partial charge on any atom is -0.343 e. The Hall–Kier alpha value is -2.42. The van der Waals surface area contributed by atoms with E-state index in [2.05, 4.69) is 35.1 Å². The van der Waals surface area contributed by atoms with Crippen LogP contribution in [0.2, 0.25) is 0 Å². The van der Waals surface area contributed by atoms with E-state index in [1.807, 2.05) is 23.6 Å². The third kappa shape index (κ3) is 7.79. The highest BCUT2D eigenvalue weighted by atomic mass is 79.9. The van der Waals surface area contributed by atoms with E-state index in [1.165, 1.54) is 0 Å². The van der Waals surface area contributed by atoms with E-state index in [1.54, 1.807) is 23.1 Å². The van der Waals surface area contributed by atoms with Gasteiger partial charge in [-0.1, -0.05) is 29.8 Å². The molecule has 1 aromatic carbocycles. The summed E-state index contributed by atoms with van der Waals surface area (Å²) in [4.78, 5) is 57.2. The lowest BCUT2D eigenvalue weighted by molar-refractivity contribution is -0.141. The van der Waals surface area contributed by atoms with Gasteiger partial charge in [0.05, 0.1) is 17.2 Å². The molecule has 3 rings (SSSR count). The van der Waals surface area contributed by atoms with Gasteiger partial charge in [-0.05, 0) is 63.1 Å². The Balaban J connectivity index is 1.58. The first-order valence-corrected chi connectivity index (χ1v) is 14.4. The number of hydrogen-bond acceptors (Lipinski definition) is 4. The van der Waals surface area contributed by atoms with Gasteiger partial charge < -0.3 is 20.0 Å². The van der Waals surface area contributed by atoms with Crippen LogP contribution in [0.5, 0.6) is 0 Å². The monoisotopic (exact) mass is 576 g/mol. The minimum atomic E-state index is -0.308. The maximum absolute atomic E-state index is 13.4. The summed E-state index contributed by atoms with van der Waals surface area (Å²) in [5.41, 5.74) is 0.906. The standard InChI is InChI=1S/C28H41BrN4O4/c1-5-31(6-2)27(36)21-8-7-13-32(18-21)26(35)12-11-25(34)30-24-10-9-22(29)15-23(24)28(37)33-16-19(3)14-20(4)17-33/h9-10,15,19-21H,5-8,11-14,16-18H2,1-4H3,(H,30,34)/t19-,20+,21?. The zero-order valence-electron chi connectivity index (χ0n) is 22.6. The molecule has 2 fully saturated rings. The second-order valence-electron chi connectivity index (χ2n) is 10.6. The zero-order valence-corrected chi connectivity index (χ0v) is 24.2. The Kier molecular flexibility index (Phi) is 10.6. The van der Waals surface area contributed by atoms with Crippen LogP contribution in [-0.2, 0) is 14.4 Å². The molecule has 204 valence electrons. The third-order valence-electron chi connectivity index (χ3n) is 7.41. The Morgan fingerprint density at radius 3 is 2.32 bits per heavy atom. The van der Waals surface area contributed by atoms with Crippen molar-refractivity contribution in [2.45, 2.75) is 59.8 Å². The summed E-state index contributed by atoms with van der Waals surface area (Å²) in [6.45, 7) is 12.0. The summed E-state index contributed by atoms with van der Waals surface area (Å²) in [7, 11) is 0. The molecule has 1 N–H and O–H groups in total. The van der Waals surface area contributed by atoms with E-state index >= 15 is 0 Å². The molecule has 2 aliphatic rings. The molecule has 0 saturated carbocycles. The summed E-state index contributed by atoms with van der Waals surface area (Å²) < 4.78 is 0.765. The van der Waals surface area contributed by atoms with E-state index < -0.39 is 0 Å². The predicted octanol–water partition coefficient (Wildman–Crippen LogP) is 4.39. The smallest absolute Gasteiger partial charge is 0.256 e. The fourth-order valence-corrected chi connectivity index (χ4v) is 5.95. The fraction of sp³-hybridized carbons (Fsp3) is 0.643. The highest BCUT2D eigenvalue weighted by Crippen LogP contribution is 2.27. The van der Waals surface area contributed by atoms with Crippen LogP contribution in [0.4, 0.5) is 5.69 Å². The molecule has 2 heterocycles. The molecule has 1 unspecified atom stereocenters. The molecule has 0 bridgehead atoms. The van der Waals surface area contributed by atoms with Crippen LogP contribution in [0.25, 0.3) is 0 Å². The molecule has 37 heavy (non-hydrogen) atoms. The average Bonchev–Trinajstić information content (AvgIpc) is 2.88. The molecular weight excluding hydrogens is 536 g/mol. The lowest BCUT2D eigenvalue weighted by atomic mass is 9.91. The second kappa shape index (κ2) is 13.4. The number of piperidine rings is 2. The fourth-order valence-electron chi connectivity index (χ4n) is 5.59. The van der Waals surface area contributed by atoms with Gasteiger partial charge >= 0.3 is 0 Å². The zero-order chi connectivity index (χ0) is 27.1. The minimum absolute atomic E-state index is 0.0193. The van der Waals surface area contributed by atoms with Crippen LogP contribution in [0.1, 0.15) is 70.2 Å². The van der Waals surface area contributed by atoms with E-state index in [0.717, 1.165) is 23.7 Å². The maximum atomic E-state index is 13.4. The first-order valence-electron chi connectivity index (χ1n) is 13.6. The predicted molar refractivity (Wildman–Crippen MR) is 148 cm³/mol. The molecule has 2 saturated heterocycles. The molecule has 1 aromatic rings. The second-order valence-corrected chi connectivity index (χ2v) is 11.5. The van der Waals surface area contributed by atoms with Gasteiger partial charge in [0.1, 0.15) is 0 Å². The van der Waals surface area contributed by atoms with Crippen LogP contribution >= 0.6 is 15.9 Å². The molecule has 9 heteroatoms. The molecule has 3 atom stereocenters. The van der Waals surface area contributed by atoms with Crippen LogP contribution in [0.3, 0.4) is 0 Å². The van der Waals surface area contributed by atoms with Crippen LogP contribution in [0, 0.1) is 17.8 Å². The lowest BCUT2D eigenvalue weighted by Crippen LogP contribution is -2.46. The first kappa shape index (κ1) is 29.1. The van der Waals surface area contributed by atoms with Crippen molar-refractivity contribution in [3.8, 4) is 0 Å². The average molecular weight is 578 g/mol. The van der Waals surface area contributed by atoms with Gasteiger partial charge in [-0.2, -0.15) is 0 Å². The van der Waals surface area contributed by atoms with E-state index in [9.17, 15) is 19.2 Å². The number of halogens is 1. The number of benzene rings is 1. The number of anilines is 1. The van der Waals surface area contributed by atoms with Gasteiger partial charge in [0.2, 0.25) is 17.7 Å². The Morgan fingerprint density at radius 2 is 1.68 bits per heavy atom. The van der Waals surface area contributed by atoms with Gasteiger partial charge in [-0.15, -0.1) is 0 Å². The van der Waals surface area contributed by atoms with Crippen molar-refractivity contribution in [2.24, 2.45) is 17.8 Å². The largest absolute Gasteiger partial charge is 0.343 e. The van der Waals surface area contributed by atoms with Crippen molar-refractivity contribution in [3.05, 3.63) is 28.2 Å². The molecule has 0 spiro atoms. The van der Waals surface area contributed by atoms with Crippen LogP contribution in [0.15, 0.2) is 22.7 Å². The Labute approximate surface area is 229 Å². The molecule has 8 nitrogen and oxygen atoms in total. The van der Waals surface area contributed by atoms with Crippen LogP contribution in [-0.4, -0.2) is 77.6 Å². The van der Waals surface area contributed by atoms with E-state index in [4.69, 9.17) is 0 Å². The highest BCUT2D eigenvalue weighted by Gasteiger charge is 2.31. The molecule has 0 radical (unpaired) electrons. The first-order chi connectivity index (χ1) is 17.6. The Morgan fingerprint density at radius 1 is 1.00 bits per heavy atom. The number of nitrogens with zero attached hydrogens (tertiary/aromatic N) is 3. The highest BCUT2D eigenvalue weighted by molar-refractivity contribution is 9.10. The van der Waals surface area contributed by atoms with Crippen molar-refractivity contribution in [1.29, 1.82) is 0 Å². The van der Waals surface area contributed by atoms with Crippen molar-refractivity contribution in [1.82, 2.24) is 14.7 Å². The molecule has 0 aromatic heterocycles. The molecule has 2 aliphatic heterocycles. The molecule has 0 aliphatic carbocycles. The SMILES string of the molecule is CCN(CC)C(=O)C1CCCN(C(=O)CCC(=O)Nc2ccc(Br)cc2C(=O)N2C[C@H](C)C[C@H](C)C2)C1. The summed E-state index contributed by atoms with van der Waals surface area (Å²) in [5.74, 6) is 0.270. The van der Waals surface area contributed by atoms with Gasteiger partial charge in [0, 0.05) is 56.6 Å². The van der Waals surface area contributed by atoms with Crippen molar-refractivity contribution < 1.29 is 19.2 Å². The summed E-state index contributed by atoms with van der Waals surface area (Å²) in [6.07, 6.45) is 2.76. The number of amides is 4. The number of rotatable bonds is 8. The summed E-state index contributed by atoms with van der Waals surface area (Å²) in [5, 5.41) is 2.86. The maximum Gasteiger partial charge on any atom is 0.256 e. The van der Waals surface area contributed by atoms with Gasteiger partial charge in [0.25, 0.3) is 5.91 Å². The number of carbonyl (C=O) groups is 4. The summed E-state index contributed by atoms with van der Waals surface area (Å²) in [6, 6.07) is 5.26. The lowest BCUT2D eigenvalue weighted by Gasteiger charge is -2.35. The Bertz CT molecular complexity index is 986. The number of likely N-dealkylation sites (tertiary alicyclic amines) is 2. The summed E-state index contributed by atoms with van der Waals surface area (Å²) >= 11 is 3.44. The van der Waals surface area contributed by atoms with E-state index in [0.29, 0.717) is 62.4 Å². The van der Waals surface area contributed by atoms with Gasteiger partial charge in [0.15, 0.2) is 0 Å². The van der Waals surface area contributed by atoms with Crippen molar-refractivity contribution >= 4 is 45.2 Å². The van der Waals surface area contributed by atoms with Crippen molar-refractivity contribution in [3.63, 3.8) is 0 Å². The van der Waals surface area contributed by atoms with Gasteiger partial charge in [-0.3, -0.25) is 19.2 Å². The topological polar surface area (TPSA) is 90.0 Å². The van der Waals surface area contributed by atoms with E-state index in [-0.39, 0.29) is 42.4 Å². The quantitative estimate of drug-likeness (QED) is 0.497. The third-order valence-corrected chi connectivity index (χ3v) is 7.90. The molecular formula is C28H41BrN4O4. The normalized spacial score (nSPS) is 21.9. The number of hydrogen-bond donors (Lipinski definition) is 1. The van der Waals surface area contributed by atoms with Gasteiger partial charge in [-0.25, -0.2) is 0 Å². The van der Waals surface area contributed by atoms with Crippen molar-refractivity contribution in [2.75, 3.05) is 44.6 Å². The van der Waals surface area contributed by atoms with Crippen LogP contribution < -0.4 is 5.32 Å². The number of carbonyl (C=O) groups excluding carboxylic acids is 4. The molecule has 4 amide bonds.